The van der Waals surface area contributed by atoms with Crippen LogP contribution in [0.1, 0.15) is 18.9 Å². The third-order valence-electron chi connectivity index (χ3n) is 2.13. The molecule has 0 radical (unpaired) electrons. The summed E-state index contributed by atoms with van der Waals surface area (Å²) in [5.74, 6) is 0.700. The van der Waals surface area contributed by atoms with E-state index < -0.39 is 0 Å². The molecule has 0 aliphatic carbocycles. The predicted octanol–water partition coefficient (Wildman–Crippen LogP) is 3.62. The molecule has 0 amide bonds. The van der Waals surface area contributed by atoms with Gasteiger partial charge in [-0.2, -0.15) is 0 Å². The van der Waals surface area contributed by atoms with E-state index in [1.807, 2.05) is 18.2 Å². The van der Waals surface area contributed by atoms with Crippen LogP contribution in [0.4, 0.5) is 0 Å². The predicted molar refractivity (Wildman–Crippen MR) is 63.7 cm³/mol. The molecule has 2 heteroatoms. The maximum Gasteiger partial charge on any atom is 0.0716 e. The molecule has 0 heterocycles. The second-order valence-electron chi connectivity index (χ2n) is 3.59. The highest BCUT2D eigenvalue weighted by molar-refractivity contribution is 9.09. The van der Waals surface area contributed by atoms with Gasteiger partial charge in [-0.15, -0.1) is 0 Å². The molecule has 0 spiro atoms. The molecule has 1 aromatic carbocycles. The van der Waals surface area contributed by atoms with Crippen LogP contribution in [-0.4, -0.2) is 11.9 Å². The zero-order valence-corrected chi connectivity index (χ0v) is 10.2. The summed E-state index contributed by atoms with van der Waals surface area (Å²) < 4.78 is 5.57. The van der Waals surface area contributed by atoms with E-state index in [9.17, 15) is 0 Å². The Morgan fingerprint density at radius 2 is 2.00 bits per heavy atom. The van der Waals surface area contributed by atoms with Gasteiger partial charge in [-0.3, -0.25) is 0 Å². The summed E-state index contributed by atoms with van der Waals surface area (Å²) in [4.78, 5) is 0. The average molecular weight is 257 g/mol. The first-order valence-corrected chi connectivity index (χ1v) is 6.12. The molecule has 0 N–H and O–H groups in total. The van der Waals surface area contributed by atoms with Gasteiger partial charge >= 0.3 is 0 Å². The van der Waals surface area contributed by atoms with Gasteiger partial charge in [0.1, 0.15) is 0 Å². The average Bonchev–Trinajstić information content (AvgIpc) is 2.25. The number of hydrogen-bond donors (Lipinski definition) is 0. The van der Waals surface area contributed by atoms with Crippen molar-refractivity contribution in [2.45, 2.75) is 20.0 Å². The van der Waals surface area contributed by atoms with Crippen molar-refractivity contribution in [2.75, 3.05) is 11.9 Å². The van der Waals surface area contributed by atoms with E-state index in [4.69, 9.17) is 4.74 Å². The highest BCUT2D eigenvalue weighted by atomic mass is 79.9. The van der Waals surface area contributed by atoms with E-state index in [0.29, 0.717) is 5.92 Å². The van der Waals surface area contributed by atoms with Crippen molar-refractivity contribution in [1.29, 1.82) is 0 Å². The van der Waals surface area contributed by atoms with Crippen molar-refractivity contribution < 1.29 is 4.74 Å². The van der Waals surface area contributed by atoms with Gasteiger partial charge < -0.3 is 4.74 Å². The summed E-state index contributed by atoms with van der Waals surface area (Å²) in [6, 6.07) is 10.3. The number of halogens is 1. The van der Waals surface area contributed by atoms with Crippen LogP contribution in [0, 0.1) is 5.92 Å². The SMILES string of the molecule is C[C@@H](CBr)CCOCc1ccccc1. The first-order valence-electron chi connectivity index (χ1n) is 5.00. The molecular formula is C12H17BrO. The van der Waals surface area contributed by atoms with Gasteiger partial charge in [0, 0.05) is 11.9 Å². The lowest BCUT2D eigenvalue weighted by Crippen LogP contribution is -2.02. The molecular weight excluding hydrogens is 240 g/mol. The second kappa shape index (κ2) is 7.02. The van der Waals surface area contributed by atoms with E-state index in [-0.39, 0.29) is 0 Å². The molecule has 0 fully saturated rings. The Morgan fingerprint density at radius 1 is 1.29 bits per heavy atom. The largest absolute Gasteiger partial charge is 0.377 e. The van der Waals surface area contributed by atoms with Gasteiger partial charge in [0.2, 0.25) is 0 Å². The zero-order valence-electron chi connectivity index (χ0n) is 8.58. The van der Waals surface area contributed by atoms with Crippen LogP contribution in [0.25, 0.3) is 0 Å². The summed E-state index contributed by atoms with van der Waals surface area (Å²) in [5, 5.41) is 1.06. The standard InChI is InChI=1S/C12H17BrO/c1-11(9-13)7-8-14-10-12-5-3-2-4-6-12/h2-6,11H,7-10H2,1H3/t11-/m1/s1. The Balaban J connectivity index is 2.10. The molecule has 0 bridgehead atoms. The fourth-order valence-corrected chi connectivity index (χ4v) is 1.45. The van der Waals surface area contributed by atoms with E-state index in [1.54, 1.807) is 0 Å². The van der Waals surface area contributed by atoms with E-state index in [0.717, 1.165) is 25.0 Å². The Bertz CT molecular complexity index is 235. The van der Waals surface area contributed by atoms with Gasteiger partial charge in [-0.1, -0.05) is 53.2 Å². The van der Waals surface area contributed by atoms with Crippen molar-refractivity contribution in [2.24, 2.45) is 5.92 Å². The summed E-state index contributed by atoms with van der Waals surface area (Å²) in [6.07, 6.45) is 1.12. The van der Waals surface area contributed by atoms with E-state index in [2.05, 4.69) is 35.0 Å². The number of rotatable bonds is 6. The van der Waals surface area contributed by atoms with Crippen LogP contribution in [0.2, 0.25) is 0 Å². The van der Waals surface area contributed by atoms with E-state index in [1.165, 1.54) is 5.56 Å². The molecule has 14 heavy (non-hydrogen) atoms. The normalized spacial score (nSPS) is 12.7. The van der Waals surface area contributed by atoms with Gasteiger partial charge in [0.05, 0.1) is 6.61 Å². The van der Waals surface area contributed by atoms with Crippen LogP contribution in [-0.2, 0) is 11.3 Å². The summed E-state index contributed by atoms with van der Waals surface area (Å²) >= 11 is 3.46. The number of alkyl halides is 1. The van der Waals surface area contributed by atoms with Crippen LogP contribution in [0.5, 0.6) is 0 Å². The molecule has 1 aromatic rings. The minimum absolute atomic E-state index is 0.700. The molecule has 78 valence electrons. The molecule has 0 aliphatic rings. The maximum absolute atomic E-state index is 5.57. The molecule has 0 saturated carbocycles. The Hall–Kier alpha value is -0.340. The lowest BCUT2D eigenvalue weighted by atomic mass is 10.1. The molecule has 0 aromatic heterocycles. The quantitative estimate of drug-likeness (QED) is 0.558. The third kappa shape index (κ3) is 4.77. The van der Waals surface area contributed by atoms with Crippen LogP contribution in [0.15, 0.2) is 30.3 Å². The third-order valence-corrected chi connectivity index (χ3v) is 3.24. The van der Waals surface area contributed by atoms with Crippen molar-refractivity contribution in [3.8, 4) is 0 Å². The molecule has 0 unspecified atom stereocenters. The maximum atomic E-state index is 5.57. The van der Waals surface area contributed by atoms with Gasteiger partial charge in [-0.05, 0) is 17.9 Å². The lowest BCUT2D eigenvalue weighted by Gasteiger charge is -2.07. The second-order valence-corrected chi connectivity index (χ2v) is 4.23. The fraction of sp³-hybridized carbons (Fsp3) is 0.500. The van der Waals surface area contributed by atoms with Crippen LogP contribution >= 0.6 is 15.9 Å². The Kier molecular flexibility index (Phi) is 5.88. The van der Waals surface area contributed by atoms with Crippen LogP contribution in [0.3, 0.4) is 0 Å². The Morgan fingerprint density at radius 3 is 2.64 bits per heavy atom. The molecule has 1 nitrogen and oxygen atoms in total. The van der Waals surface area contributed by atoms with Gasteiger partial charge in [0.25, 0.3) is 0 Å². The van der Waals surface area contributed by atoms with Gasteiger partial charge in [-0.25, -0.2) is 0 Å². The first kappa shape index (κ1) is 11.7. The molecule has 1 rings (SSSR count). The van der Waals surface area contributed by atoms with Crippen molar-refractivity contribution in [1.82, 2.24) is 0 Å². The summed E-state index contributed by atoms with van der Waals surface area (Å²) in [6.45, 7) is 3.80. The smallest absolute Gasteiger partial charge is 0.0716 e. The zero-order chi connectivity index (χ0) is 10.2. The molecule has 0 saturated heterocycles. The van der Waals surface area contributed by atoms with Gasteiger partial charge in [0.15, 0.2) is 0 Å². The fourth-order valence-electron chi connectivity index (χ4n) is 1.13. The number of ether oxygens (including phenoxy) is 1. The van der Waals surface area contributed by atoms with Crippen molar-refractivity contribution >= 4 is 15.9 Å². The van der Waals surface area contributed by atoms with Crippen LogP contribution < -0.4 is 0 Å². The minimum atomic E-state index is 0.700. The lowest BCUT2D eigenvalue weighted by molar-refractivity contribution is 0.111. The number of hydrogen-bond acceptors (Lipinski definition) is 1. The highest BCUT2D eigenvalue weighted by Gasteiger charge is 1.99. The van der Waals surface area contributed by atoms with E-state index >= 15 is 0 Å². The summed E-state index contributed by atoms with van der Waals surface area (Å²) in [5.41, 5.74) is 1.25. The van der Waals surface area contributed by atoms with Crippen molar-refractivity contribution in [3.05, 3.63) is 35.9 Å². The monoisotopic (exact) mass is 256 g/mol. The van der Waals surface area contributed by atoms with Crippen molar-refractivity contribution in [3.63, 3.8) is 0 Å². The highest BCUT2D eigenvalue weighted by Crippen LogP contribution is 2.07. The Labute approximate surface area is 94.6 Å². The topological polar surface area (TPSA) is 9.23 Å². The number of benzene rings is 1. The first-order chi connectivity index (χ1) is 6.83. The molecule has 1 atom stereocenters. The molecule has 0 aliphatic heterocycles. The minimum Gasteiger partial charge on any atom is -0.377 e. The summed E-state index contributed by atoms with van der Waals surface area (Å²) in [7, 11) is 0.